The maximum atomic E-state index is 12.3. The Morgan fingerprint density at radius 2 is 2.20 bits per heavy atom. The highest BCUT2D eigenvalue weighted by Crippen LogP contribution is 2.33. The van der Waals surface area contributed by atoms with Gasteiger partial charge in [-0.3, -0.25) is 4.79 Å². The van der Waals surface area contributed by atoms with E-state index in [9.17, 15) is 14.7 Å². The summed E-state index contributed by atoms with van der Waals surface area (Å²) < 4.78 is 0. The third kappa shape index (κ3) is 3.00. The van der Waals surface area contributed by atoms with E-state index in [0.717, 1.165) is 4.88 Å². The molecule has 0 spiro atoms. The fourth-order valence-electron chi connectivity index (χ4n) is 2.76. The van der Waals surface area contributed by atoms with Crippen LogP contribution in [0.1, 0.15) is 39.8 Å². The first-order valence-electron chi connectivity index (χ1n) is 8.01. The van der Waals surface area contributed by atoms with Crippen molar-refractivity contribution in [2.24, 2.45) is 5.92 Å². The van der Waals surface area contributed by atoms with Crippen LogP contribution < -0.4 is 5.32 Å². The second kappa shape index (κ2) is 5.96. The van der Waals surface area contributed by atoms with E-state index in [0.29, 0.717) is 27.7 Å². The third-order valence-electron chi connectivity index (χ3n) is 4.38. The maximum absolute atomic E-state index is 12.3. The molecule has 1 amide bonds. The number of amides is 1. The Hall–Kier alpha value is -2.74. The molecule has 1 atom stereocenters. The van der Waals surface area contributed by atoms with Gasteiger partial charge < -0.3 is 15.4 Å². The zero-order valence-electron chi connectivity index (χ0n) is 13.4. The molecule has 0 bridgehead atoms. The van der Waals surface area contributed by atoms with E-state index in [1.165, 1.54) is 30.4 Å². The van der Waals surface area contributed by atoms with Gasteiger partial charge in [-0.2, -0.15) is 0 Å². The number of carboxylic acid groups (broad SMARTS) is 1. The molecule has 3 aromatic rings. The first kappa shape index (κ1) is 15.8. The van der Waals surface area contributed by atoms with Crippen molar-refractivity contribution in [2.75, 3.05) is 0 Å². The first-order chi connectivity index (χ1) is 12.0. The van der Waals surface area contributed by atoms with Gasteiger partial charge >= 0.3 is 5.97 Å². The SMILES string of the molecule is CC(NC(=O)c1ccc(-c2cnc3[nH]cc(C(=O)O)c3n2)s1)C1CC1. The summed E-state index contributed by atoms with van der Waals surface area (Å²) in [6.45, 7) is 2.03. The Morgan fingerprint density at radius 3 is 2.92 bits per heavy atom. The molecule has 1 aliphatic rings. The van der Waals surface area contributed by atoms with Crippen molar-refractivity contribution in [1.82, 2.24) is 20.3 Å². The molecule has 8 heteroatoms. The normalized spacial score (nSPS) is 15.2. The number of fused-ring (bicyclic) bond motifs is 1. The Morgan fingerprint density at radius 1 is 1.40 bits per heavy atom. The number of nitrogens with one attached hydrogen (secondary N) is 2. The number of aromatic carboxylic acids is 1. The van der Waals surface area contributed by atoms with Crippen molar-refractivity contribution in [3.05, 3.63) is 35.0 Å². The van der Waals surface area contributed by atoms with Gasteiger partial charge in [0.1, 0.15) is 11.1 Å². The molecular formula is C17H16N4O3S. The Bertz CT molecular complexity index is 973. The summed E-state index contributed by atoms with van der Waals surface area (Å²) in [5.74, 6) is -0.546. The van der Waals surface area contributed by atoms with E-state index in [1.54, 1.807) is 12.3 Å². The number of carbonyl (C=O) groups excluding carboxylic acids is 1. The second-order valence-electron chi connectivity index (χ2n) is 6.22. The highest BCUT2D eigenvalue weighted by atomic mass is 32.1. The molecule has 3 aromatic heterocycles. The zero-order chi connectivity index (χ0) is 17.6. The van der Waals surface area contributed by atoms with Crippen molar-refractivity contribution < 1.29 is 14.7 Å². The minimum absolute atomic E-state index is 0.0807. The smallest absolute Gasteiger partial charge is 0.339 e. The van der Waals surface area contributed by atoms with Gasteiger partial charge in [0.25, 0.3) is 5.91 Å². The Balaban J connectivity index is 1.60. The average Bonchev–Trinajstić information content (AvgIpc) is 3.17. The lowest BCUT2D eigenvalue weighted by atomic mass is 10.2. The fourth-order valence-corrected chi connectivity index (χ4v) is 3.63. The van der Waals surface area contributed by atoms with Crippen molar-refractivity contribution in [2.45, 2.75) is 25.8 Å². The van der Waals surface area contributed by atoms with E-state index in [-0.39, 0.29) is 17.5 Å². The standard InChI is InChI=1S/C17H16N4O3S/c1-8(9-2-3-9)20-16(22)13-5-4-12(25-13)11-7-19-15-14(21-11)10(6-18-15)17(23)24/h4-9H,2-3H2,1H3,(H,18,19)(H,20,22)(H,23,24). The number of nitrogens with zero attached hydrogens (tertiary/aromatic N) is 2. The Kier molecular flexibility index (Phi) is 3.76. The monoisotopic (exact) mass is 356 g/mol. The number of hydrogen-bond acceptors (Lipinski definition) is 5. The molecule has 0 saturated heterocycles. The van der Waals surface area contributed by atoms with E-state index < -0.39 is 5.97 Å². The minimum Gasteiger partial charge on any atom is -0.478 e. The molecular weight excluding hydrogens is 340 g/mol. The lowest BCUT2D eigenvalue weighted by Gasteiger charge is -2.11. The van der Waals surface area contributed by atoms with Gasteiger partial charge in [0.2, 0.25) is 0 Å². The summed E-state index contributed by atoms with van der Waals surface area (Å²) in [6, 6.07) is 3.76. The number of carbonyl (C=O) groups is 2. The number of rotatable bonds is 5. The molecule has 1 unspecified atom stereocenters. The van der Waals surface area contributed by atoms with Gasteiger partial charge in [-0.15, -0.1) is 11.3 Å². The number of aromatic nitrogens is 3. The minimum atomic E-state index is -1.06. The molecule has 0 aliphatic heterocycles. The number of hydrogen-bond donors (Lipinski definition) is 3. The van der Waals surface area contributed by atoms with Gasteiger partial charge in [0.05, 0.1) is 21.6 Å². The molecule has 4 rings (SSSR count). The van der Waals surface area contributed by atoms with Crippen LogP contribution in [0.3, 0.4) is 0 Å². The maximum Gasteiger partial charge on any atom is 0.339 e. The van der Waals surface area contributed by atoms with Gasteiger partial charge in [-0.1, -0.05) is 0 Å². The van der Waals surface area contributed by atoms with Crippen LogP contribution in [0.5, 0.6) is 0 Å². The quantitative estimate of drug-likeness (QED) is 0.651. The average molecular weight is 356 g/mol. The summed E-state index contributed by atoms with van der Waals surface area (Å²) in [6.07, 6.45) is 5.30. The fraction of sp³-hybridized carbons (Fsp3) is 0.294. The van der Waals surface area contributed by atoms with Crippen LogP contribution in [0.15, 0.2) is 24.5 Å². The number of H-pyrrole nitrogens is 1. The molecule has 25 heavy (non-hydrogen) atoms. The third-order valence-corrected chi connectivity index (χ3v) is 5.49. The first-order valence-corrected chi connectivity index (χ1v) is 8.83. The van der Waals surface area contributed by atoms with E-state index in [4.69, 9.17) is 0 Å². The highest BCUT2D eigenvalue weighted by molar-refractivity contribution is 7.17. The van der Waals surface area contributed by atoms with E-state index in [1.807, 2.05) is 13.0 Å². The summed E-state index contributed by atoms with van der Waals surface area (Å²) >= 11 is 1.32. The van der Waals surface area contributed by atoms with Crippen LogP contribution in [0, 0.1) is 5.92 Å². The van der Waals surface area contributed by atoms with Crippen LogP contribution in [0.4, 0.5) is 0 Å². The lowest BCUT2D eigenvalue weighted by molar-refractivity contribution is 0.0698. The molecule has 7 nitrogen and oxygen atoms in total. The van der Waals surface area contributed by atoms with Crippen LogP contribution in [0.2, 0.25) is 0 Å². The topological polar surface area (TPSA) is 108 Å². The van der Waals surface area contributed by atoms with Crippen LogP contribution in [0.25, 0.3) is 21.7 Å². The molecule has 1 aliphatic carbocycles. The largest absolute Gasteiger partial charge is 0.478 e. The van der Waals surface area contributed by atoms with Crippen molar-refractivity contribution in [3.63, 3.8) is 0 Å². The van der Waals surface area contributed by atoms with Gasteiger partial charge in [0, 0.05) is 12.2 Å². The van der Waals surface area contributed by atoms with E-state index >= 15 is 0 Å². The highest BCUT2D eigenvalue weighted by Gasteiger charge is 2.29. The molecule has 1 saturated carbocycles. The molecule has 128 valence electrons. The van der Waals surface area contributed by atoms with Crippen molar-refractivity contribution in [3.8, 4) is 10.6 Å². The van der Waals surface area contributed by atoms with Crippen LogP contribution >= 0.6 is 11.3 Å². The molecule has 3 N–H and O–H groups in total. The summed E-state index contributed by atoms with van der Waals surface area (Å²) in [5.41, 5.74) is 1.37. The molecule has 3 heterocycles. The lowest BCUT2D eigenvalue weighted by Crippen LogP contribution is -2.33. The van der Waals surface area contributed by atoms with Crippen molar-refractivity contribution >= 4 is 34.4 Å². The number of thiophene rings is 1. The van der Waals surface area contributed by atoms with E-state index in [2.05, 4.69) is 20.3 Å². The number of aromatic amines is 1. The van der Waals surface area contributed by atoms with Gasteiger partial charge in [0.15, 0.2) is 5.65 Å². The molecule has 0 radical (unpaired) electrons. The molecule has 1 fully saturated rings. The van der Waals surface area contributed by atoms with Crippen molar-refractivity contribution in [1.29, 1.82) is 0 Å². The van der Waals surface area contributed by atoms with Crippen LogP contribution in [-0.4, -0.2) is 38.0 Å². The van der Waals surface area contributed by atoms with Gasteiger partial charge in [-0.05, 0) is 37.8 Å². The second-order valence-corrected chi connectivity index (χ2v) is 7.31. The van der Waals surface area contributed by atoms with Crippen LogP contribution in [-0.2, 0) is 0 Å². The number of carboxylic acids is 1. The summed E-state index contributed by atoms with van der Waals surface area (Å²) in [4.78, 5) is 36.4. The summed E-state index contributed by atoms with van der Waals surface area (Å²) in [5, 5.41) is 12.2. The van der Waals surface area contributed by atoms with Gasteiger partial charge in [-0.25, -0.2) is 14.8 Å². The molecule has 0 aromatic carbocycles. The Labute approximate surface area is 147 Å². The predicted molar refractivity (Wildman–Crippen MR) is 93.8 cm³/mol. The zero-order valence-corrected chi connectivity index (χ0v) is 14.3. The predicted octanol–water partition coefficient (Wildman–Crippen LogP) is 2.91. The summed E-state index contributed by atoms with van der Waals surface area (Å²) in [7, 11) is 0.